The van der Waals surface area contributed by atoms with E-state index in [4.69, 9.17) is 5.73 Å². The summed E-state index contributed by atoms with van der Waals surface area (Å²) in [5.74, 6) is 0.545. The van der Waals surface area contributed by atoms with Crippen LogP contribution in [-0.4, -0.2) is 11.9 Å². The van der Waals surface area contributed by atoms with Crippen LogP contribution >= 0.6 is 0 Å². The first kappa shape index (κ1) is 14.7. The van der Waals surface area contributed by atoms with Gasteiger partial charge in [0, 0.05) is 18.2 Å². The molecule has 3 nitrogen and oxygen atoms in total. The molecule has 3 heteroatoms. The maximum Gasteiger partial charge on any atom is 0.225 e. The molecule has 0 radical (unpaired) electrons. The van der Waals surface area contributed by atoms with Gasteiger partial charge in [-0.1, -0.05) is 32.9 Å². The van der Waals surface area contributed by atoms with Crippen molar-refractivity contribution < 1.29 is 4.79 Å². The van der Waals surface area contributed by atoms with E-state index in [9.17, 15) is 4.79 Å². The Balaban J connectivity index is 2.55. The van der Waals surface area contributed by atoms with Crippen molar-refractivity contribution in [3.63, 3.8) is 0 Å². The first-order chi connectivity index (χ1) is 8.56. The third kappa shape index (κ3) is 4.49. The van der Waals surface area contributed by atoms with Gasteiger partial charge in [0.15, 0.2) is 0 Å². The fourth-order valence-corrected chi connectivity index (χ4v) is 1.73. The average molecular weight is 248 g/mol. The predicted molar refractivity (Wildman–Crippen MR) is 76.7 cm³/mol. The average Bonchev–Trinajstić information content (AvgIpc) is 2.38. The number of amides is 1. The Kier molecular flexibility index (Phi) is 5.86. The number of nitrogens with two attached hydrogens (primary N) is 1. The fourth-order valence-electron chi connectivity index (χ4n) is 1.73. The number of carbonyl (C=O) groups excluding carboxylic acids is 1. The molecular formula is C15H24N2O. The van der Waals surface area contributed by atoms with Crippen LogP contribution in [0.15, 0.2) is 24.3 Å². The lowest BCUT2D eigenvalue weighted by molar-refractivity contribution is -0.116. The second-order valence-corrected chi connectivity index (χ2v) is 4.85. The van der Waals surface area contributed by atoms with Gasteiger partial charge in [0.1, 0.15) is 0 Å². The molecular weight excluding hydrogens is 224 g/mol. The minimum absolute atomic E-state index is 0.0133. The van der Waals surface area contributed by atoms with Crippen LogP contribution in [0, 0.1) is 0 Å². The van der Waals surface area contributed by atoms with Gasteiger partial charge in [-0.05, 0) is 36.5 Å². The smallest absolute Gasteiger partial charge is 0.225 e. The highest BCUT2D eigenvalue weighted by Gasteiger charge is 2.08. The molecule has 0 aliphatic rings. The van der Waals surface area contributed by atoms with Crippen LogP contribution in [-0.2, 0) is 4.79 Å². The van der Waals surface area contributed by atoms with Crippen LogP contribution in [0.4, 0.5) is 5.69 Å². The van der Waals surface area contributed by atoms with Crippen LogP contribution in [0.25, 0.3) is 0 Å². The zero-order valence-electron chi connectivity index (χ0n) is 11.6. The summed E-state index contributed by atoms with van der Waals surface area (Å²) < 4.78 is 0. The Morgan fingerprint density at radius 2 is 1.83 bits per heavy atom. The van der Waals surface area contributed by atoms with Gasteiger partial charge in [0.25, 0.3) is 0 Å². The van der Waals surface area contributed by atoms with E-state index in [1.165, 1.54) is 5.56 Å². The third-order valence-electron chi connectivity index (χ3n) is 3.35. The highest BCUT2D eigenvalue weighted by Crippen LogP contribution is 2.20. The molecule has 0 bridgehead atoms. The second-order valence-electron chi connectivity index (χ2n) is 4.85. The van der Waals surface area contributed by atoms with E-state index in [0.717, 1.165) is 18.5 Å². The summed E-state index contributed by atoms with van der Waals surface area (Å²) in [7, 11) is 0. The molecule has 1 rings (SSSR count). The standard InChI is InChI=1S/C15H24N2O/c1-4-11(3)12-6-8-14(9-7-12)17-15(18)10-13(16)5-2/h6-9,11,13H,4-5,10,16H2,1-3H3,(H,17,18). The lowest BCUT2D eigenvalue weighted by Gasteiger charge is -2.12. The first-order valence-electron chi connectivity index (χ1n) is 6.72. The maximum atomic E-state index is 11.7. The molecule has 0 fully saturated rings. The molecule has 0 heterocycles. The van der Waals surface area contributed by atoms with Gasteiger partial charge in [0.05, 0.1) is 0 Å². The molecule has 100 valence electrons. The Morgan fingerprint density at radius 1 is 1.22 bits per heavy atom. The molecule has 0 aromatic heterocycles. The minimum atomic E-state index is -0.0515. The van der Waals surface area contributed by atoms with E-state index in [0.29, 0.717) is 12.3 Å². The van der Waals surface area contributed by atoms with E-state index in [1.807, 2.05) is 19.1 Å². The lowest BCUT2D eigenvalue weighted by Crippen LogP contribution is -2.26. The summed E-state index contributed by atoms with van der Waals surface area (Å²) in [6, 6.07) is 8.00. The number of nitrogens with one attached hydrogen (secondary N) is 1. The molecule has 1 aromatic carbocycles. The summed E-state index contributed by atoms with van der Waals surface area (Å²) in [6.07, 6.45) is 2.32. The van der Waals surface area contributed by atoms with E-state index in [-0.39, 0.29) is 11.9 Å². The normalized spacial score (nSPS) is 14.0. The monoisotopic (exact) mass is 248 g/mol. The highest BCUT2D eigenvalue weighted by molar-refractivity contribution is 5.91. The fraction of sp³-hybridized carbons (Fsp3) is 0.533. The second kappa shape index (κ2) is 7.17. The molecule has 0 aliphatic heterocycles. The van der Waals surface area contributed by atoms with Gasteiger partial charge in [-0.25, -0.2) is 0 Å². The molecule has 0 spiro atoms. The van der Waals surface area contributed by atoms with Crippen molar-refractivity contribution in [2.24, 2.45) is 5.73 Å². The summed E-state index contributed by atoms with van der Waals surface area (Å²) in [6.45, 7) is 6.36. The Hall–Kier alpha value is -1.35. The van der Waals surface area contributed by atoms with E-state index in [2.05, 4.69) is 31.3 Å². The Morgan fingerprint density at radius 3 is 2.33 bits per heavy atom. The van der Waals surface area contributed by atoms with E-state index in [1.54, 1.807) is 0 Å². The van der Waals surface area contributed by atoms with Crippen molar-refractivity contribution in [1.82, 2.24) is 0 Å². The first-order valence-corrected chi connectivity index (χ1v) is 6.72. The minimum Gasteiger partial charge on any atom is -0.327 e. The molecule has 1 amide bonds. The van der Waals surface area contributed by atoms with Crippen molar-refractivity contribution in [2.75, 3.05) is 5.32 Å². The third-order valence-corrected chi connectivity index (χ3v) is 3.35. The van der Waals surface area contributed by atoms with Gasteiger partial charge < -0.3 is 11.1 Å². The summed E-state index contributed by atoms with van der Waals surface area (Å²) in [5, 5.41) is 2.87. The van der Waals surface area contributed by atoms with Crippen molar-refractivity contribution in [3.8, 4) is 0 Å². The molecule has 2 atom stereocenters. The predicted octanol–water partition coefficient (Wildman–Crippen LogP) is 3.27. The van der Waals surface area contributed by atoms with Crippen LogP contribution < -0.4 is 11.1 Å². The number of anilines is 1. The number of hydrogen-bond acceptors (Lipinski definition) is 2. The number of hydrogen-bond donors (Lipinski definition) is 2. The number of benzene rings is 1. The van der Waals surface area contributed by atoms with Crippen molar-refractivity contribution in [1.29, 1.82) is 0 Å². The zero-order valence-corrected chi connectivity index (χ0v) is 11.6. The van der Waals surface area contributed by atoms with Crippen molar-refractivity contribution in [2.45, 2.75) is 52.0 Å². The number of rotatable bonds is 6. The van der Waals surface area contributed by atoms with Crippen LogP contribution in [0.3, 0.4) is 0 Å². The van der Waals surface area contributed by atoms with Crippen LogP contribution in [0.1, 0.15) is 51.5 Å². The van der Waals surface area contributed by atoms with Gasteiger partial charge in [-0.3, -0.25) is 4.79 Å². The zero-order chi connectivity index (χ0) is 13.5. The molecule has 0 saturated carbocycles. The molecule has 0 aliphatic carbocycles. The molecule has 18 heavy (non-hydrogen) atoms. The Labute approximate surface area is 110 Å². The molecule has 2 unspecified atom stereocenters. The maximum absolute atomic E-state index is 11.7. The molecule has 1 aromatic rings. The van der Waals surface area contributed by atoms with Crippen molar-refractivity contribution >= 4 is 11.6 Å². The Bertz CT molecular complexity index is 373. The number of carbonyl (C=O) groups is 1. The summed E-state index contributed by atoms with van der Waals surface area (Å²) in [4.78, 5) is 11.7. The van der Waals surface area contributed by atoms with E-state index < -0.39 is 0 Å². The van der Waals surface area contributed by atoms with Crippen LogP contribution in [0.2, 0.25) is 0 Å². The van der Waals surface area contributed by atoms with E-state index >= 15 is 0 Å². The molecule has 0 saturated heterocycles. The summed E-state index contributed by atoms with van der Waals surface area (Å²) >= 11 is 0. The SMILES string of the molecule is CCC(N)CC(=O)Nc1ccc(C(C)CC)cc1. The van der Waals surface area contributed by atoms with Crippen LogP contribution in [0.5, 0.6) is 0 Å². The highest BCUT2D eigenvalue weighted by atomic mass is 16.1. The topological polar surface area (TPSA) is 55.1 Å². The van der Waals surface area contributed by atoms with Gasteiger partial charge in [-0.15, -0.1) is 0 Å². The molecule has 3 N–H and O–H groups in total. The lowest BCUT2D eigenvalue weighted by atomic mass is 9.98. The van der Waals surface area contributed by atoms with Gasteiger partial charge in [-0.2, -0.15) is 0 Å². The van der Waals surface area contributed by atoms with Crippen molar-refractivity contribution in [3.05, 3.63) is 29.8 Å². The quantitative estimate of drug-likeness (QED) is 0.811. The summed E-state index contributed by atoms with van der Waals surface area (Å²) in [5.41, 5.74) is 7.90. The largest absolute Gasteiger partial charge is 0.327 e. The van der Waals surface area contributed by atoms with Gasteiger partial charge in [0.2, 0.25) is 5.91 Å². The van der Waals surface area contributed by atoms with Gasteiger partial charge >= 0.3 is 0 Å².